The lowest BCUT2D eigenvalue weighted by Gasteiger charge is -2.09. The summed E-state index contributed by atoms with van der Waals surface area (Å²) in [7, 11) is 0. The first kappa shape index (κ1) is 18.7. The van der Waals surface area contributed by atoms with Gasteiger partial charge in [0.15, 0.2) is 0 Å². The van der Waals surface area contributed by atoms with Crippen LogP contribution < -0.4 is 4.74 Å². The molecule has 0 radical (unpaired) electrons. The number of nitriles is 1. The molecule has 0 aliphatic rings. The number of benzene rings is 3. The maximum absolute atomic E-state index is 9.73. The number of rotatable bonds is 6. The summed E-state index contributed by atoms with van der Waals surface area (Å²) < 4.78 is 6.01. The van der Waals surface area contributed by atoms with Gasteiger partial charge in [0.2, 0.25) is 0 Å². The minimum atomic E-state index is 0.475. The summed E-state index contributed by atoms with van der Waals surface area (Å²) >= 11 is 1.47. The number of ether oxygens (including phenoxy) is 1. The van der Waals surface area contributed by atoms with Crippen LogP contribution >= 0.6 is 11.3 Å². The van der Waals surface area contributed by atoms with Gasteiger partial charge in [-0.25, -0.2) is 4.98 Å². The number of hydrogen-bond acceptors (Lipinski definition) is 4. The van der Waals surface area contributed by atoms with Crippen LogP contribution in [0.25, 0.3) is 22.9 Å². The first-order chi connectivity index (χ1) is 14.3. The fourth-order valence-corrected chi connectivity index (χ4v) is 3.70. The molecule has 0 unspecified atom stereocenters. The summed E-state index contributed by atoms with van der Waals surface area (Å²) in [6, 6.07) is 30.0. The molecule has 0 aliphatic carbocycles. The van der Waals surface area contributed by atoms with Gasteiger partial charge in [0.25, 0.3) is 0 Å². The van der Waals surface area contributed by atoms with Gasteiger partial charge in [-0.1, -0.05) is 78.9 Å². The van der Waals surface area contributed by atoms with E-state index in [4.69, 9.17) is 4.74 Å². The standard InChI is InChI=1S/C25H18N2OS/c26-16-22(25-27-23(18-29-25)20-11-5-2-6-12-20)15-21-13-7-8-14-24(21)28-17-19-9-3-1-4-10-19/h1-15,18H,17H2/b22-15+. The predicted molar refractivity (Wildman–Crippen MR) is 118 cm³/mol. The lowest BCUT2D eigenvalue weighted by molar-refractivity contribution is 0.305. The van der Waals surface area contributed by atoms with E-state index in [2.05, 4.69) is 11.1 Å². The Hall–Kier alpha value is -3.68. The lowest BCUT2D eigenvalue weighted by atomic mass is 10.1. The quantitative estimate of drug-likeness (QED) is 0.353. The van der Waals surface area contributed by atoms with E-state index in [-0.39, 0.29) is 0 Å². The minimum absolute atomic E-state index is 0.475. The molecule has 0 aliphatic heterocycles. The van der Waals surface area contributed by atoms with Crippen molar-refractivity contribution in [2.24, 2.45) is 0 Å². The second-order valence-corrected chi connectivity index (χ2v) is 7.24. The van der Waals surface area contributed by atoms with Gasteiger partial charge < -0.3 is 4.74 Å². The van der Waals surface area contributed by atoms with Gasteiger partial charge in [0.05, 0.1) is 11.3 Å². The molecule has 0 bridgehead atoms. The number of thiazole rings is 1. The summed E-state index contributed by atoms with van der Waals surface area (Å²) in [6.45, 7) is 0.475. The van der Waals surface area contributed by atoms with E-state index in [1.165, 1.54) is 11.3 Å². The van der Waals surface area contributed by atoms with Crippen LogP contribution in [0.15, 0.2) is 90.3 Å². The van der Waals surface area contributed by atoms with E-state index >= 15 is 0 Å². The molecule has 1 heterocycles. The predicted octanol–water partition coefficient (Wildman–Crippen LogP) is 6.45. The Balaban J connectivity index is 1.60. The third-order valence-corrected chi connectivity index (χ3v) is 5.26. The van der Waals surface area contributed by atoms with Crippen molar-refractivity contribution < 1.29 is 4.74 Å². The number of nitrogens with zero attached hydrogens (tertiary/aromatic N) is 2. The number of aromatic nitrogens is 1. The van der Waals surface area contributed by atoms with E-state index in [1.807, 2.05) is 96.4 Å². The second-order valence-electron chi connectivity index (χ2n) is 6.39. The molecule has 3 aromatic carbocycles. The van der Waals surface area contributed by atoms with Crippen molar-refractivity contribution in [1.29, 1.82) is 5.26 Å². The summed E-state index contributed by atoms with van der Waals surface area (Å²) in [5, 5.41) is 12.4. The highest BCUT2D eigenvalue weighted by Crippen LogP contribution is 2.29. The fourth-order valence-electron chi connectivity index (χ4n) is 2.90. The largest absolute Gasteiger partial charge is 0.488 e. The Bertz CT molecular complexity index is 1160. The molecule has 0 fully saturated rings. The van der Waals surface area contributed by atoms with Crippen LogP contribution in [0, 0.1) is 11.3 Å². The number of para-hydroxylation sites is 1. The van der Waals surface area contributed by atoms with Gasteiger partial charge in [-0.3, -0.25) is 0 Å². The van der Waals surface area contributed by atoms with Crippen molar-refractivity contribution in [3.05, 3.63) is 106 Å². The molecule has 29 heavy (non-hydrogen) atoms. The Morgan fingerprint density at radius 1 is 0.931 bits per heavy atom. The first-order valence-corrected chi connectivity index (χ1v) is 10.1. The summed E-state index contributed by atoms with van der Waals surface area (Å²) in [6.07, 6.45) is 1.84. The average molecular weight is 394 g/mol. The number of allylic oxidation sites excluding steroid dienone is 1. The average Bonchev–Trinajstić information content (AvgIpc) is 3.28. The van der Waals surface area contributed by atoms with Crippen LogP contribution in [0.4, 0.5) is 0 Å². The topological polar surface area (TPSA) is 45.9 Å². The second kappa shape index (κ2) is 9.01. The Morgan fingerprint density at radius 3 is 2.38 bits per heavy atom. The Kier molecular flexibility index (Phi) is 5.80. The SMILES string of the molecule is N#C/C(=C\c1ccccc1OCc1ccccc1)c1nc(-c2ccccc2)cs1. The van der Waals surface area contributed by atoms with Crippen molar-refractivity contribution in [3.63, 3.8) is 0 Å². The highest BCUT2D eigenvalue weighted by Gasteiger charge is 2.10. The van der Waals surface area contributed by atoms with Crippen LogP contribution in [0.2, 0.25) is 0 Å². The first-order valence-electron chi connectivity index (χ1n) is 9.22. The molecule has 0 amide bonds. The smallest absolute Gasteiger partial charge is 0.134 e. The molecular weight excluding hydrogens is 376 g/mol. The molecular formula is C25H18N2OS. The van der Waals surface area contributed by atoms with Crippen molar-refractivity contribution in [1.82, 2.24) is 4.98 Å². The number of hydrogen-bond donors (Lipinski definition) is 0. The van der Waals surface area contributed by atoms with Gasteiger partial charge in [0.1, 0.15) is 23.4 Å². The van der Waals surface area contributed by atoms with Gasteiger partial charge in [0, 0.05) is 16.5 Å². The molecule has 0 saturated carbocycles. The zero-order valence-electron chi connectivity index (χ0n) is 15.7. The fraction of sp³-hybridized carbons (Fsp3) is 0.0400. The van der Waals surface area contributed by atoms with Crippen LogP contribution in [0.5, 0.6) is 5.75 Å². The van der Waals surface area contributed by atoms with Crippen molar-refractivity contribution in [2.45, 2.75) is 6.61 Å². The van der Waals surface area contributed by atoms with Crippen molar-refractivity contribution >= 4 is 23.0 Å². The summed E-state index contributed by atoms with van der Waals surface area (Å²) in [5.41, 5.74) is 4.39. The van der Waals surface area contributed by atoms with E-state index < -0.39 is 0 Å². The third-order valence-electron chi connectivity index (χ3n) is 4.38. The monoisotopic (exact) mass is 394 g/mol. The molecule has 4 aromatic rings. The molecule has 0 atom stereocenters. The van der Waals surface area contributed by atoms with Crippen LogP contribution in [0.3, 0.4) is 0 Å². The molecule has 4 rings (SSSR count). The molecule has 0 saturated heterocycles. The molecule has 140 valence electrons. The van der Waals surface area contributed by atoms with Gasteiger partial charge in [-0.05, 0) is 17.7 Å². The molecule has 0 N–H and O–H groups in total. The van der Waals surface area contributed by atoms with Gasteiger partial charge in [-0.15, -0.1) is 11.3 Å². The van der Waals surface area contributed by atoms with Crippen LogP contribution in [0.1, 0.15) is 16.1 Å². The highest BCUT2D eigenvalue weighted by atomic mass is 32.1. The van der Waals surface area contributed by atoms with Crippen LogP contribution in [-0.4, -0.2) is 4.98 Å². The molecule has 3 nitrogen and oxygen atoms in total. The van der Waals surface area contributed by atoms with E-state index in [1.54, 1.807) is 0 Å². The normalized spacial score (nSPS) is 11.1. The highest BCUT2D eigenvalue weighted by molar-refractivity contribution is 7.11. The summed E-state index contributed by atoms with van der Waals surface area (Å²) in [5.74, 6) is 0.740. The van der Waals surface area contributed by atoms with Crippen molar-refractivity contribution in [2.75, 3.05) is 0 Å². The van der Waals surface area contributed by atoms with Gasteiger partial charge in [-0.2, -0.15) is 5.26 Å². The zero-order valence-corrected chi connectivity index (χ0v) is 16.5. The Morgan fingerprint density at radius 2 is 1.62 bits per heavy atom. The third kappa shape index (κ3) is 4.60. The van der Waals surface area contributed by atoms with E-state index in [0.29, 0.717) is 17.2 Å². The minimum Gasteiger partial charge on any atom is -0.488 e. The van der Waals surface area contributed by atoms with Crippen LogP contribution in [-0.2, 0) is 6.61 Å². The summed E-state index contributed by atoms with van der Waals surface area (Å²) in [4.78, 5) is 4.66. The van der Waals surface area contributed by atoms with Gasteiger partial charge >= 0.3 is 0 Å². The van der Waals surface area contributed by atoms with E-state index in [9.17, 15) is 5.26 Å². The lowest BCUT2D eigenvalue weighted by Crippen LogP contribution is -1.96. The van der Waals surface area contributed by atoms with E-state index in [0.717, 1.165) is 28.1 Å². The molecule has 1 aromatic heterocycles. The maximum atomic E-state index is 9.73. The maximum Gasteiger partial charge on any atom is 0.134 e. The van der Waals surface area contributed by atoms with Crippen molar-refractivity contribution in [3.8, 4) is 23.1 Å². The molecule has 0 spiro atoms. The molecule has 4 heteroatoms. The Labute approximate surface area is 174 Å². The zero-order chi connectivity index (χ0) is 19.9.